The monoisotopic (exact) mass is 289 g/mol. The quantitative estimate of drug-likeness (QED) is 0.810. The van der Waals surface area contributed by atoms with Crippen LogP contribution in [0.2, 0.25) is 0 Å². The van der Waals surface area contributed by atoms with E-state index in [1.54, 1.807) is 13.0 Å². The first-order valence-corrected chi connectivity index (χ1v) is 5.99. The molecule has 108 valence electrons. The van der Waals surface area contributed by atoms with Crippen molar-refractivity contribution in [3.63, 3.8) is 0 Å². The van der Waals surface area contributed by atoms with Gasteiger partial charge in [-0.3, -0.25) is 4.98 Å². The summed E-state index contributed by atoms with van der Waals surface area (Å²) in [7, 11) is 0. The number of hydrogen-bond acceptors (Lipinski definition) is 3. The Labute approximate surface area is 119 Å². The summed E-state index contributed by atoms with van der Waals surface area (Å²) >= 11 is 0. The van der Waals surface area contributed by atoms with E-state index in [2.05, 4.69) is 15.6 Å². The van der Waals surface area contributed by atoms with Crippen LogP contribution in [0.1, 0.15) is 15.9 Å². The van der Waals surface area contributed by atoms with Crippen molar-refractivity contribution in [2.24, 2.45) is 0 Å². The number of carbonyl (C=O) groups excluding carboxylic acids is 1. The summed E-state index contributed by atoms with van der Waals surface area (Å²) in [5.41, 5.74) is 0.774. The summed E-state index contributed by atoms with van der Waals surface area (Å²) in [4.78, 5) is 26.3. The van der Waals surface area contributed by atoms with Gasteiger partial charge in [-0.15, -0.1) is 0 Å². The molecule has 0 fully saturated rings. The number of aromatic carboxylic acids is 1. The molecule has 0 saturated heterocycles. The molecule has 1 aromatic heterocycles. The highest BCUT2D eigenvalue weighted by molar-refractivity contribution is 6.00. The Morgan fingerprint density at radius 3 is 2.67 bits per heavy atom. The number of pyridine rings is 1. The number of nitrogens with zero attached hydrogens (tertiary/aromatic N) is 1. The molecule has 21 heavy (non-hydrogen) atoms. The Balaban J connectivity index is 2.12. The highest BCUT2D eigenvalue weighted by Gasteiger charge is 2.10. The summed E-state index contributed by atoms with van der Waals surface area (Å²) < 4.78 is 13.6. The topological polar surface area (TPSA) is 91.3 Å². The number of hydrogen-bond donors (Lipinski definition) is 3. The number of halogens is 1. The number of urea groups is 1. The third kappa shape index (κ3) is 3.53. The molecule has 0 unspecified atom stereocenters. The van der Waals surface area contributed by atoms with Gasteiger partial charge in [0.15, 0.2) is 0 Å². The number of amides is 2. The molecule has 1 aromatic carbocycles. The lowest BCUT2D eigenvalue weighted by molar-refractivity contribution is 0.0696. The molecule has 0 spiro atoms. The van der Waals surface area contributed by atoms with Gasteiger partial charge in [0.25, 0.3) is 0 Å². The average molecular weight is 289 g/mol. The zero-order chi connectivity index (χ0) is 15.4. The average Bonchev–Trinajstić information content (AvgIpc) is 2.43. The minimum absolute atomic E-state index is 0.0603. The Morgan fingerprint density at radius 2 is 2.00 bits per heavy atom. The second kappa shape index (κ2) is 6.00. The van der Waals surface area contributed by atoms with E-state index >= 15 is 0 Å². The standard InChI is InChI=1S/C14H12FN3O3/c1-8-3-2-4-11(15)12(8)18-14(21)17-10-5-9(13(19)20)6-16-7-10/h2-7H,1H3,(H,19,20)(H2,17,18,21). The van der Waals surface area contributed by atoms with Crippen molar-refractivity contribution in [3.05, 3.63) is 53.6 Å². The number of aromatic nitrogens is 1. The molecule has 0 aliphatic rings. The molecular formula is C14H12FN3O3. The molecular weight excluding hydrogens is 277 g/mol. The Kier molecular flexibility index (Phi) is 4.13. The number of aryl methyl sites for hydroxylation is 1. The van der Waals surface area contributed by atoms with Crippen LogP contribution in [-0.2, 0) is 0 Å². The van der Waals surface area contributed by atoms with Gasteiger partial charge in [0.2, 0.25) is 0 Å². The fourth-order valence-corrected chi connectivity index (χ4v) is 1.69. The Morgan fingerprint density at radius 1 is 1.24 bits per heavy atom. The molecule has 7 heteroatoms. The van der Waals surface area contributed by atoms with Gasteiger partial charge < -0.3 is 15.7 Å². The fraction of sp³-hybridized carbons (Fsp3) is 0.0714. The van der Waals surface area contributed by atoms with Gasteiger partial charge in [0.05, 0.1) is 23.1 Å². The highest BCUT2D eigenvalue weighted by atomic mass is 19.1. The van der Waals surface area contributed by atoms with Gasteiger partial charge in [0, 0.05) is 6.20 Å². The van der Waals surface area contributed by atoms with Crippen molar-refractivity contribution in [1.29, 1.82) is 0 Å². The van der Waals surface area contributed by atoms with Crippen LogP contribution in [0.3, 0.4) is 0 Å². The zero-order valence-electron chi connectivity index (χ0n) is 11.1. The molecule has 0 saturated carbocycles. The minimum atomic E-state index is -1.16. The Hall–Kier alpha value is -2.96. The number of nitrogens with one attached hydrogen (secondary N) is 2. The summed E-state index contributed by atoms with van der Waals surface area (Å²) in [6.07, 6.45) is 2.45. The number of anilines is 2. The fourth-order valence-electron chi connectivity index (χ4n) is 1.69. The van der Waals surface area contributed by atoms with Crippen molar-refractivity contribution >= 4 is 23.4 Å². The second-order valence-electron chi connectivity index (χ2n) is 4.28. The summed E-state index contributed by atoms with van der Waals surface area (Å²) in [5, 5.41) is 13.6. The van der Waals surface area contributed by atoms with Crippen LogP contribution in [0, 0.1) is 12.7 Å². The molecule has 2 rings (SSSR count). The van der Waals surface area contributed by atoms with E-state index in [1.165, 1.54) is 24.4 Å². The van der Waals surface area contributed by atoms with Gasteiger partial charge in [-0.05, 0) is 24.6 Å². The van der Waals surface area contributed by atoms with Gasteiger partial charge in [0.1, 0.15) is 5.82 Å². The number of carboxylic acid groups (broad SMARTS) is 1. The lowest BCUT2D eigenvalue weighted by Crippen LogP contribution is -2.21. The van der Waals surface area contributed by atoms with Crippen molar-refractivity contribution < 1.29 is 19.1 Å². The van der Waals surface area contributed by atoms with Gasteiger partial charge >= 0.3 is 12.0 Å². The van der Waals surface area contributed by atoms with Crippen LogP contribution < -0.4 is 10.6 Å². The molecule has 0 aliphatic carbocycles. The van der Waals surface area contributed by atoms with Crippen LogP contribution >= 0.6 is 0 Å². The van der Waals surface area contributed by atoms with Crippen LogP contribution in [0.4, 0.5) is 20.6 Å². The first kappa shape index (κ1) is 14.4. The normalized spacial score (nSPS) is 10.0. The van der Waals surface area contributed by atoms with Crippen LogP contribution in [0.15, 0.2) is 36.7 Å². The SMILES string of the molecule is Cc1cccc(F)c1NC(=O)Nc1cncc(C(=O)O)c1. The molecule has 0 radical (unpaired) electrons. The summed E-state index contributed by atoms with van der Waals surface area (Å²) in [6.45, 7) is 1.66. The minimum Gasteiger partial charge on any atom is -0.478 e. The highest BCUT2D eigenvalue weighted by Crippen LogP contribution is 2.19. The molecule has 3 N–H and O–H groups in total. The number of carbonyl (C=O) groups is 2. The molecule has 2 amide bonds. The number of para-hydroxylation sites is 1. The number of rotatable bonds is 3. The first-order chi connectivity index (χ1) is 9.97. The van der Waals surface area contributed by atoms with Crippen LogP contribution in [0.25, 0.3) is 0 Å². The maximum atomic E-state index is 13.6. The van der Waals surface area contributed by atoms with E-state index in [1.807, 2.05) is 0 Å². The van der Waals surface area contributed by atoms with Crippen LogP contribution in [-0.4, -0.2) is 22.1 Å². The van der Waals surface area contributed by atoms with Crippen molar-refractivity contribution in [3.8, 4) is 0 Å². The maximum absolute atomic E-state index is 13.6. The lowest BCUT2D eigenvalue weighted by Gasteiger charge is -2.10. The first-order valence-electron chi connectivity index (χ1n) is 5.99. The zero-order valence-corrected chi connectivity index (χ0v) is 11.1. The maximum Gasteiger partial charge on any atom is 0.337 e. The molecule has 2 aromatic rings. The van der Waals surface area contributed by atoms with Crippen molar-refractivity contribution in [1.82, 2.24) is 4.98 Å². The third-order valence-electron chi connectivity index (χ3n) is 2.70. The van der Waals surface area contributed by atoms with Gasteiger partial charge in [-0.25, -0.2) is 14.0 Å². The molecule has 6 nitrogen and oxygen atoms in total. The molecule has 0 bridgehead atoms. The summed E-state index contributed by atoms with van der Waals surface area (Å²) in [6, 6.07) is 4.99. The van der Waals surface area contributed by atoms with E-state index in [4.69, 9.17) is 5.11 Å². The number of carboxylic acids is 1. The second-order valence-corrected chi connectivity index (χ2v) is 4.28. The van der Waals surface area contributed by atoms with Gasteiger partial charge in [-0.1, -0.05) is 12.1 Å². The predicted octanol–water partition coefficient (Wildman–Crippen LogP) is 2.87. The van der Waals surface area contributed by atoms with E-state index in [0.29, 0.717) is 5.56 Å². The van der Waals surface area contributed by atoms with Crippen LogP contribution in [0.5, 0.6) is 0 Å². The molecule has 0 atom stereocenters. The predicted molar refractivity (Wildman–Crippen MR) is 75.0 cm³/mol. The largest absolute Gasteiger partial charge is 0.478 e. The van der Waals surface area contributed by atoms with Crippen molar-refractivity contribution in [2.75, 3.05) is 10.6 Å². The molecule has 1 heterocycles. The number of benzene rings is 1. The van der Waals surface area contributed by atoms with Crippen molar-refractivity contribution in [2.45, 2.75) is 6.92 Å². The Bertz CT molecular complexity index is 683. The summed E-state index contributed by atoms with van der Waals surface area (Å²) in [5.74, 6) is -1.71. The van der Waals surface area contributed by atoms with Gasteiger partial charge in [-0.2, -0.15) is 0 Å². The van der Waals surface area contributed by atoms with E-state index in [9.17, 15) is 14.0 Å². The smallest absolute Gasteiger partial charge is 0.337 e. The third-order valence-corrected chi connectivity index (χ3v) is 2.70. The molecule has 0 aliphatic heterocycles. The van der Waals surface area contributed by atoms with E-state index < -0.39 is 17.8 Å². The van der Waals surface area contributed by atoms with E-state index in [0.717, 1.165) is 6.20 Å². The van der Waals surface area contributed by atoms with E-state index in [-0.39, 0.29) is 16.9 Å². The lowest BCUT2D eigenvalue weighted by atomic mass is 10.2.